The largest absolute Gasteiger partial charge is 0.462 e. The van der Waals surface area contributed by atoms with Crippen LogP contribution in [0, 0.1) is 0 Å². The molecule has 0 saturated carbocycles. The zero-order chi connectivity index (χ0) is 17.9. The Labute approximate surface area is 159 Å². The first-order chi connectivity index (χ1) is 11.7. The van der Waals surface area contributed by atoms with Gasteiger partial charge in [-0.1, -0.05) is 87.6 Å². The minimum absolute atomic E-state index is 0.0338. The molecule has 0 bridgehead atoms. The standard InChI is InChI=1S/C21H41BrO2/c1-3-5-7-12-16-20(17-13-8-6-4-2)24-21(23)18-14-10-9-11-15-19-22/h20H,3-19H2,1-2H3. The van der Waals surface area contributed by atoms with Crippen LogP contribution >= 0.6 is 15.9 Å². The highest BCUT2D eigenvalue weighted by molar-refractivity contribution is 9.09. The van der Waals surface area contributed by atoms with Gasteiger partial charge in [0.25, 0.3) is 0 Å². The fourth-order valence-corrected chi connectivity index (χ4v) is 3.40. The molecular formula is C21H41BrO2. The summed E-state index contributed by atoms with van der Waals surface area (Å²) < 4.78 is 5.79. The van der Waals surface area contributed by atoms with Gasteiger partial charge in [-0.25, -0.2) is 0 Å². The predicted molar refractivity (Wildman–Crippen MR) is 109 cm³/mol. The zero-order valence-corrected chi connectivity index (χ0v) is 17.9. The highest BCUT2D eigenvalue weighted by Crippen LogP contribution is 2.17. The van der Waals surface area contributed by atoms with Crippen LogP contribution in [-0.4, -0.2) is 17.4 Å². The number of esters is 1. The second-order valence-corrected chi connectivity index (χ2v) is 7.81. The SMILES string of the molecule is CCCCCCC(CCCCCC)OC(=O)CCCCCCCBr. The summed E-state index contributed by atoms with van der Waals surface area (Å²) in [5.74, 6) is 0.0338. The van der Waals surface area contributed by atoms with Crippen molar-refractivity contribution >= 4 is 21.9 Å². The zero-order valence-electron chi connectivity index (χ0n) is 16.3. The molecule has 0 fully saturated rings. The minimum atomic E-state index is 0.0338. The summed E-state index contributed by atoms with van der Waals surface area (Å²) in [6, 6.07) is 0. The van der Waals surface area contributed by atoms with E-state index < -0.39 is 0 Å². The lowest BCUT2D eigenvalue weighted by atomic mass is 10.0. The van der Waals surface area contributed by atoms with E-state index in [1.165, 1.54) is 70.6 Å². The average molecular weight is 405 g/mol. The molecule has 144 valence electrons. The number of carbonyl (C=O) groups excluding carboxylic acids is 1. The number of unbranched alkanes of at least 4 members (excludes halogenated alkanes) is 10. The second kappa shape index (κ2) is 19.3. The van der Waals surface area contributed by atoms with Crippen molar-refractivity contribution in [2.45, 2.75) is 123 Å². The van der Waals surface area contributed by atoms with Crippen molar-refractivity contribution in [3.8, 4) is 0 Å². The van der Waals surface area contributed by atoms with E-state index in [0.29, 0.717) is 6.42 Å². The summed E-state index contributed by atoms with van der Waals surface area (Å²) in [5, 5.41) is 1.09. The van der Waals surface area contributed by atoms with Gasteiger partial charge >= 0.3 is 5.97 Å². The molecule has 0 aromatic carbocycles. The summed E-state index contributed by atoms with van der Waals surface area (Å²) >= 11 is 3.46. The van der Waals surface area contributed by atoms with Crippen LogP contribution in [0.3, 0.4) is 0 Å². The molecule has 0 spiro atoms. The number of hydrogen-bond donors (Lipinski definition) is 0. The summed E-state index contributed by atoms with van der Waals surface area (Å²) in [4.78, 5) is 12.1. The molecule has 0 aliphatic carbocycles. The Morgan fingerprint density at radius 2 is 1.25 bits per heavy atom. The smallest absolute Gasteiger partial charge is 0.306 e. The number of carbonyl (C=O) groups is 1. The third-order valence-corrected chi connectivity index (χ3v) is 5.13. The van der Waals surface area contributed by atoms with Crippen LogP contribution in [-0.2, 0) is 9.53 Å². The molecule has 0 atom stereocenters. The van der Waals surface area contributed by atoms with Crippen molar-refractivity contribution in [3.05, 3.63) is 0 Å². The predicted octanol–water partition coefficient (Wildman–Crippen LogP) is 7.57. The first-order valence-electron chi connectivity index (χ1n) is 10.5. The first kappa shape index (κ1) is 23.9. The maximum Gasteiger partial charge on any atom is 0.306 e. The van der Waals surface area contributed by atoms with Gasteiger partial charge in [0.2, 0.25) is 0 Å². The van der Waals surface area contributed by atoms with Crippen LogP contribution in [0.15, 0.2) is 0 Å². The number of hydrogen-bond acceptors (Lipinski definition) is 2. The van der Waals surface area contributed by atoms with Crippen molar-refractivity contribution in [2.75, 3.05) is 5.33 Å². The molecule has 0 aromatic rings. The topological polar surface area (TPSA) is 26.3 Å². The number of ether oxygens (including phenoxy) is 1. The maximum atomic E-state index is 12.1. The summed E-state index contributed by atoms with van der Waals surface area (Å²) in [6.07, 6.45) is 18.8. The summed E-state index contributed by atoms with van der Waals surface area (Å²) in [6.45, 7) is 4.47. The van der Waals surface area contributed by atoms with Gasteiger partial charge in [0, 0.05) is 11.8 Å². The van der Waals surface area contributed by atoms with E-state index >= 15 is 0 Å². The Kier molecular flexibility index (Phi) is 19.2. The van der Waals surface area contributed by atoms with E-state index in [1.807, 2.05) is 0 Å². The minimum Gasteiger partial charge on any atom is -0.462 e. The molecule has 24 heavy (non-hydrogen) atoms. The van der Waals surface area contributed by atoms with E-state index in [-0.39, 0.29) is 12.1 Å². The third kappa shape index (κ3) is 16.8. The van der Waals surface area contributed by atoms with Gasteiger partial charge in [0.1, 0.15) is 6.10 Å². The molecule has 3 heteroatoms. The number of rotatable bonds is 18. The average Bonchev–Trinajstić information content (AvgIpc) is 2.58. The molecule has 0 aliphatic heterocycles. The molecule has 0 rings (SSSR count). The normalized spacial score (nSPS) is 11.2. The Balaban J connectivity index is 3.90. The van der Waals surface area contributed by atoms with Crippen molar-refractivity contribution in [3.63, 3.8) is 0 Å². The Morgan fingerprint density at radius 3 is 1.79 bits per heavy atom. The quantitative estimate of drug-likeness (QED) is 0.133. The fourth-order valence-electron chi connectivity index (χ4n) is 3.00. The van der Waals surface area contributed by atoms with Crippen LogP contribution in [0.2, 0.25) is 0 Å². The Bertz CT molecular complexity index is 257. The van der Waals surface area contributed by atoms with Gasteiger partial charge in [0.05, 0.1) is 0 Å². The number of alkyl halides is 1. The maximum absolute atomic E-state index is 12.1. The van der Waals surface area contributed by atoms with Gasteiger partial charge in [-0.3, -0.25) is 4.79 Å². The van der Waals surface area contributed by atoms with E-state index in [0.717, 1.165) is 31.0 Å². The van der Waals surface area contributed by atoms with Crippen LogP contribution in [0.1, 0.15) is 117 Å². The van der Waals surface area contributed by atoms with Crippen molar-refractivity contribution in [1.82, 2.24) is 0 Å². The van der Waals surface area contributed by atoms with Gasteiger partial charge in [-0.2, -0.15) is 0 Å². The second-order valence-electron chi connectivity index (χ2n) is 7.02. The van der Waals surface area contributed by atoms with Crippen LogP contribution < -0.4 is 0 Å². The Morgan fingerprint density at radius 1 is 0.750 bits per heavy atom. The third-order valence-electron chi connectivity index (χ3n) is 4.57. The van der Waals surface area contributed by atoms with Crippen molar-refractivity contribution in [2.24, 2.45) is 0 Å². The van der Waals surface area contributed by atoms with E-state index in [2.05, 4.69) is 29.8 Å². The van der Waals surface area contributed by atoms with E-state index in [9.17, 15) is 4.79 Å². The molecular weight excluding hydrogens is 364 g/mol. The molecule has 0 N–H and O–H groups in total. The summed E-state index contributed by atoms with van der Waals surface area (Å²) in [5.41, 5.74) is 0. The molecule has 0 unspecified atom stereocenters. The molecule has 0 heterocycles. The first-order valence-corrected chi connectivity index (χ1v) is 11.6. The monoisotopic (exact) mass is 404 g/mol. The number of halogens is 1. The molecule has 0 amide bonds. The lowest BCUT2D eigenvalue weighted by molar-refractivity contribution is -0.150. The highest BCUT2D eigenvalue weighted by atomic mass is 79.9. The van der Waals surface area contributed by atoms with Crippen LogP contribution in [0.4, 0.5) is 0 Å². The van der Waals surface area contributed by atoms with Crippen molar-refractivity contribution < 1.29 is 9.53 Å². The Hall–Kier alpha value is -0.0500. The summed E-state index contributed by atoms with van der Waals surface area (Å²) in [7, 11) is 0. The van der Waals surface area contributed by atoms with Crippen LogP contribution in [0.5, 0.6) is 0 Å². The lowest BCUT2D eigenvalue weighted by Crippen LogP contribution is -2.18. The lowest BCUT2D eigenvalue weighted by Gasteiger charge is -2.18. The molecule has 2 nitrogen and oxygen atoms in total. The highest BCUT2D eigenvalue weighted by Gasteiger charge is 2.14. The van der Waals surface area contributed by atoms with Gasteiger partial charge in [-0.05, 0) is 38.5 Å². The molecule has 0 saturated heterocycles. The van der Waals surface area contributed by atoms with Gasteiger partial charge in [-0.15, -0.1) is 0 Å². The molecule has 0 radical (unpaired) electrons. The molecule has 0 aliphatic rings. The fraction of sp³-hybridized carbons (Fsp3) is 0.952. The molecule has 0 aromatic heterocycles. The van der Waals surface area contributed by atoms with Gasteiger partial charge < -0.3 is 4.74 Å². The van der Waals surface area contributed by atoms with Crippen molar-refractivity contribution in [1.29, 1.82) is 0 Å². The van der Waals surface area contributed by atoms with E-state index in [1.54, 1.807) is 0 Å². The van der Waals surface area contributed by atoms with Gasteiger partial charge in [0.15, 0.2) is 0 Å². The van der Waals surface area contributed by atoms with Crippen LogP contribution in [0.25, 0.3) is 0 Å². The van der Waals surface area contributed by atoms with E-state index in [4.69, 9.17) is 4.74 Å².